The van der Waals surface area contributed by atoms with E-state index in [0.29, 0.717) is 15.7 Å². The molecule has 1 aliphatic carbocycles. The van der Waals surface area contributed by atoms with Crippen molar-refractivity contribution in [2.45, 2.75) is 32.1 Å². The van der Waals surface area contributed by atoms with Crippen LogP contribution in [0.3, 0.4) is 0 Å². The summed E-state index contributed by atoms with van der Waals surface area (Å²) in [5.41, 5.74) is 0.591. The Balaban J connectivity index is 1.91. The average Bonchev–Trinajstić information content (AvgIpc) is 2.45. The van der Waals surface area contributed by atoms with Gasteiger partial charge in [-0.3, -0.25) is 4.79 Å². The summed E-state index contributed by atoms with van der Waals surface area (Å²) >= 11 is 17.1. The van der Waals surface area contributed by atoms with Crippen LogP contribution in [0.15, 0.2) is 18.2 Å². The second kappa shape index (κ2) is 7.25. The standard InChI is InChI=1S/C14H16Cl2N2OS/c15-10-7-4-8-11(12(10)16)17-14(20)18-13(19)9-5-2-1-3-6-9/h4,7-9H,1-3,5-6H2,(H2,17,18,19,20). The van der Waals surface area contributed by atoms with Gasteiger partial charge in [-0.15, -0.1) is 0 Å². The molecule has 0 aliphatic heterocycles. The van der Waals surface area contributed by atoms with Crippen molar-refractivity contribution in [2.75, 3.05) is 5.32 Å². The molecule has 20 heavy (non-hydrogen) atoms. The molecule has 0 unspecified atom stereocenters. The zero-order valence-electron chi connectivity index (χ0n) is 10.9. The molecule has 1 saturated carbocycles. The fourth-order valence-corrected chi connectivity index (χ4v) is 2.89. The molecule has 1 aromatic carbocycles. The summed E-state index contributed by atoms with van der Waals surface area (Å²) in [6.45, 7) is 0. The lowest BCUT2D eigenvalue weighted by Gasteiger charge is -2.21. The van der Waals surface area contributed by atoms with Crippen LogP contribution in [0.25, 0.3) is 0 Å². The number of hydrogen-bond donors (Lipinski definition) is 2. The second-order valence-electron chi connectivity index (χ2n) is 4.88. The van der Waals surface area contributed by atoms with Gasteiger partial charge < -0.3 is 10.6 Å². The normalized spacial score (nSPS) is 15.7. The molecule has 0 bridgehead atoms. The molecule has 1 amide bonds. The zero-order chi connectivity index (χ0) is 14.5. The number of amides is 1. The molecule has 2 rings (SSSR count). The summed E-state index contributed by atoms with van der Waals surface area (Å²) in [7, 11) is 0. The smallest absolute Gasteiger partial charge is 0.229 e. The Labute approximate surface area is 134 Å². The molecule has 6 heteroatoms. The van der Waals surface area contributed by atoms with Gasteiger partial charge in [0.05, 0.1) is 15.7 Å². The Morgan fingerprint density at radius 1 is 1.20 bits per heavy atom. The van der Waals surface area contributed by atoms with Crippen molar-refractivity contribution < 1.29 is 4.79 Å². The third kappa shape index (κ3) is 4.08. The van der Waals surface area contributed by atoms with E-state index < -0.39 is 0 Å². The lowest BCUT2D eigenvalue weighted by atomic mass is 9.89. The highest BCUT2D eigenvalue weighted by atomic mass is 35.5. The molecule has 0 heterocycles. The minimum absolute atomic E-state index is 0.0136. The van der Waals surface area contributed by atoms with Crippen LogP contribution < -0.4 is 10.6 Å². The average molecular weight is 331 g/mol. The number of hydrogen-bond acceptors (Lipinski definition) is 2. The van der Waals surface area contributed by atoms with Crippen LogP contribution >= 0.6 is 35.4 Å². The largest absolute Gasteiger partial charge is 0.331 e. The van der Waals surface area contributed by atoms with Gasteiger partial charge in [0, 0.05) is 5.92 Å². The molecule has 1 aromatic rings. The molecule has 1 fully saturated rings. The zero-order valence-corrected chi connectivity index (χ0v) is 13.2. The van der Waals surface area contributed by atoms with Crippen LogP contribution in [0.1, 0.15) is 32.1 Å². The Bertz CT molecular complexity index is 516. The second-order valence-corrected chi connectivity index (χ2v) is 6.07. The highest BCUT2D eigenvalue weighted by Gasteiger charge is 2.21. The molecule has 1 aliphatic rings. The number of rotatable bonds is 2. The quantitative estimate of drug-likeness (QED) is 0.790. The topological polar surface area (TPSA) is 41.1 Å². The number of thiocarbonyl (C=S) groups is 1. The summed E-state index contributed by atoms with van der Waals surface area (Å²) in [6.07, 6.45) is 5.31. The van der Waals surface area contributed by atoms with Crippen LogP contribution in [0.4, 0.5) is 5.69 Å². The summed E-state index contributed by atoms with van der Waals surface area (Å²) in [5.74, 6) is 0.0543. The first-order chi connectivity index (χ1) is 9.58. The van der Waals surface area contributed by atoms with E-state index in [9.17, 15) is 4.79 Å². The third-order valence-corrected chi connectivity index (χ3v) is 4.44. The molecule has 0 aromatic heterocycles. The Kier molecular flexibility index (Phi) is 5.64. The van der Waals surface area contributed by atoms with Gasteiger partial charge in [-0.25, -0.2) is 0 Å². The van der Waals surface area contributed by atoms with Crippen molar-refractivity contribution in [3.05, 3.63) is 28.2 Å². The maximum Gasteiger partial charge on any atom is 0.229 e. The Morgan fingerprint density at radius 2 is 1.90 bits per heavy atom. The molecular weight excluding hydrogens is 315 g/mol. The number of carbonyl (C=O) groups is 1. The third-order valence-electron chi connectivity index (χ3n) is 3.41. The number of benzene rings is 1. The number of carbonyl (C=O) groups excluding carboxylic acids is 1. The van der Waals surface area contributed by atoms with E-state index in [4.69, 9.17) is 35.4 Å². The van der Waals surface area contributed by atoms with Gasteiger partial charge in [0.2, 0.25) is 5.91 Å². The van der Waals surface area contributed by atoms with Crippen LogP contribution in [0, 0.1) is 5.92 Å². The van der Waals surface area contributed by atoms with Gasteiger partial charge >= 0.3 is 0 Å². The van der Waals surface area contributed by atoms with E-state index in [1.165, 1.54) is 6.42 Å². The molecule has 108 valence electrons. The van der Waals surface area contributed by atoms with Crippen molar-refractivity contribution in [1.82, 2.24) is 5.32 Å². The SMILES string of the molecule is O=C(NC(=S)Nc1cccc(Cl)c1Cl)C1CCCCC1. The van der Waals surface area contributed by atoms with E-state index >= 15 is 0 Å². The predicted molar refractivity (Wildman–Crippen MR) is 87.4 cm³/mol. The number of halogens is 2. The van der Waals surface area contributed by atoms with Gasteiger partial charge in [0.25, 0.3) is 0 Å². The van der Waals surface area contributed by atoms with Crippen molar-refractivity contribution in [1.29, 1.82) is 0 Å². The lowest BCUT2D eigenvalue weighted by molar-refractivity contribution is -0.124. The first-order valence-corrected chi connectivity index (χ1v) is 7.80. The van der Waals surface area contributed by atoms with Crippen molar-refractivity contribution in [3.63, 3.8) is 0 Å². The van der Waals surface area contributed by atoms with Gasteiger partial charge in [0.1, 0.15) is 0 Å². The molecule has 0 saturated heterocycles. The molecule has 0 spiro atoms. The van der Waals surface area contributed by atoms with E-state index in [1.807, 2.05) is 0 Å². The Hall–Kier alpha value is -0.840. The monoisotopic (exact) mass is 330 g/mol. The minimum atomic E-state index is -0.0136. The maximum absolute atomic E-state index is 12.1. The first-order valence-electron chi connectivity index (χ1n) is 6.64. The van der Waals surface area contributed by atoms with Crippen molar-refractivity contribution in [2.24, 2.45) is 5.92 Å². The van der Waals surface area contributed by atoms with E-state index in [-0.39, 0.29) is 16.9 Å². The fourth-order valence-electron chi connectivity index (χ4n) is 2.33. The summed E-state index contributed by atoms with van der Waals surface area (Å²) < 4.78 is 0. The lowest BCUT2D eigenvalue weighted by Crippen LogP contribution is -2.39. The first kappa shape index (κ1) is 15.5. The molecule has 0 radical (unpaired) electrons. The molecule has 3 nitrogen and oxygen atoms in total. The van der Waals surface area contributed by atoms with Gasteiger partial charge in [-0.1, -0.05) is 48.5 Å². The van der Waals surface area contributed by atoms with E-state index in [1.54, 1.807) is 18.2 Å². The van der Waals surface area contributed by atoms with E-state index in [2.05, 4.69) is 10.6 Å². The highest BCUT2D eigenvalue weighted by Crippen LogP contribution is 2.29. The number of nitrogens with one attached hydrogen (secondary N) is 2. The molecular formula is C14H16Cl2N2OS. The Morgan fingerprint density at radius 3 is 2.60 bits per heavy atom. The van der Waals surface area contributed by atoms with Crippen LogP contribution in [0.5, 0.6) is 0 Å². The maximum atomic E-state index is 12.1. The van der Waals surface area contributed by atoms with Gasteiger partial charge in [0.15, 0.2) is 5.11 Å². The van der Waals surface area contributed by atoms with Crippen LogP contribution in [0.2, 0.25) is 10.0 Å². The van der Waals surface area contributed by atoms with Crippen LogP contribution in [-0.4, -0.2) is 11.0 Å². The van der Waals surface area contributed by atoms with Crippen molar-refractivity contribution in [3.8, 4) is 0 Å². The molecule has 2 N–H and O–H groups in total. The minimum Gasteiger partial charge on any atom is -0.331 e. The van der Waals surface area contributed by atoms with Gasteiger partial charge in [-0.2, -0.15) is 0 Å². The highest BCUT2D eigenvalue weighted by molar-refractivity contribution is 7.80. The summed E-state index contributed by atoms with van der Waals surface area (Å²) in [5, 5.41) is 6.72. The van der Waals surface area contributed by atoms with E-state index in [0.717, 1.165) is 25.7 Å². The predicted octanol–water partition coefficient (Wildman–Crippen LogP) is 4.39. The van der Waals surface area contributed by atoms with Crippen molar-refractivity contribution >= 4 is 52.1 Å². The number of anilines is 1. The molecule has 0 atom stereocenters. The van der Waals surface area contributed by atoms with Gasteiger partial charge in [-0.05, 0) is 37.2 Å². The summed E-state index contributed by atoms with van der Waals surface area (Å²) in [4.78, 5) is 12.1. The fraction of sp³-hybridized carbons (Fsp3) is 0.429. The van der Waals surface area contributed by atoms with Crippen LogP contribution in [-0.2, 0) is 4.79 Å². The summed E-state index contributed by atoms with van der Waals surface area (Å²) in [6, 6.07) is 5.22.